The highest BCUT2D eigenvalue weighted by Crippen LogP contribution is 2.15. The maximum atomic E-state index is 12.5. The van der Waals surface area contributed by atoms with E-state index in [1.807, 2.05) is 0 Å². The van der Waals surface area contributed by atoms with Gasteiger partial charge in [-0.15, -0.1) is 0 Å². The van der Waals surface area contributed by atoms with E-state index in [4.69, 9.17) is 10.00 Å². The third kappa shape index (κ3) is 2.37. The molecule has 0 atom stereocenters. The molecule has 3 nitrogen and oxygen atoms in total. The van der Waals surface area contributed by atoms with Crippen LogP contribution in [0.5, 0.6) is 5.75 Å². The van der Waals surface area contributed by atoms with Gasteiger partial charge in [0.2, 0.25) is 5.95 Å². The summed E-state index contributed by atoms with van der Waals surface area (Å²) >= 11 is 0. The Morgan fingerprint density at radius 1 is 1.54 bits per heavy atom. The predicted molar refractivity (Wildman–Crippen MR) is 40.4 cm³/mol. The van der Waals surface area contributed by atoms with Crippen LogP contribution >= 0.6 is 0 Å². The average Bonchev–Trinajstić information content (AvgIpc) is 2.16. The van der Waals surface area contributed by atoms with Gasteiger partial charge in [-0.05, 0) is 12.1 Å². The van der Waals surface area contributed by atoms with Crippen LogP contribution in [0.1, 0.15) is 5.69 Å². The Hall–Kier alpha value is -1.70. The molecule has 0 aliphatic rings. The van der Waals surface area contributed by atoms with Gasteiger partial charge in [0.15, 0.2) is 11.4 Å². The summed E-state index contributed by atoms with van der Waals surface area (Å²) in [4.78, 5) is 3.27. The van der Waals surface area contributed by atoms with Gasteiger partial charge in [-0.1, -0.05) is 0 Å². The van der Waals surface area contributed by atoms with Gasteiger partial charge in [-0.25, -0.2) is 9.37 Å². The molecule has 0 saturated carbocycles. The summed E-state index contributed by atoms with van der Waals surface area (Å²) in [6.45, 7) is -0.829. The molecule has 0 radical (unpaired) electrons. The van der Waals surface area contributed by atoms with E-state index in [2.05, 4.69) is 4.98 Å². The van der Waals surface area contributed by atoms with E-state index in [9.17, 15) is 8.78 Å². The van der Waals surface area contributed by atoms with Crippen molar-refractivity contribution in [2.24, 2.45) is 0 Å². The lowest BCUT2D eigenvalue weighted by Gasteiger charge is -2.03. The Kier molecular flexibility index (Phi) is 3.15. The molecule has 68 valence electrons. The molecule has 0 amide bonds. The van der Waals surface area contributed by atoms with Gasteiger partial charge >= 0.3 is 0 Å². The van der Waals surface area contributed by atoms with Gasteiger partial charge < -0.3 is 4.74 Å². The first kappa shape index (κ1) is 9.39. The molecular weight excluding hydrogens is 178 g/mol. The lowest BCUT2D eigenvalue weighted by atomic mass is 10.3. The molecule has 1 aromatic heterocycles. The minimum Gasteiger partial charge on any atom is -0.488 e. The van der Waals surface area contributed by atoms with Gasteiger partial charge in [0, 0.05) is 0 Å². The molecule has 0 aromatic carbocycles. The lowest BCUT2D eigenvalue weighted by molar-refractivity contribution is 0.271. The minimum atomic E-state index is -0.760. The standard InChI is InChI=1S/C8H6F2N2O/c9-3-4-13-7-1-2-8(10)12-6(7)5-11/h1-2H,3-4H2. The molecular formula is C8H6F2N2O. The van der Waals surface area contributed by atoms with Crippen LogP contribution in [-0.2, 0) is 0 Å². The third-order valence-corrected chi connectivity index (χ3v) is 1.26. The first-order valence-electron chi connectivity index (χ1n) is 3.53. The summed E-state index contributed by atoms with van der Waals surface area (Å²) < 4.78 is 29.0. The van der Waals surface area contributed by atoms with E-state index >= 15 is 0 Å². The van der Waals surface area contributed by atoms with E-state index in [-0.39, 0.29) is 18.1 Å². The van der Waals surface area contributed by atoms with E-state index in [1.54, 1.807) is 6.07 Å². The fourth-order valence-corrected chi connectivity index (χ4v) is 0.768. The first-order chi connectivity index (χ1) is 6.27. The number of nitrogens with zero attached hydrogens (tertiary/aromatic N) is 2. The predicted octanol–water partition coefficient (Wildman–Crippen LogP) is 1.44. The van der Waals surface area contributed by atoms with Crippen LogP contribution < -0.4 is 4.74 Å². The number of hydrogen-bond donors (Lipinski definition) is 0. The zero-order chi connectivity index (χ0) is 9.68. The first-order valence-corrected chi connectivity index (χ1v) is 3.53. The fourth-order valence-electron chi connectivity index (χ4n) is 0.768. The van der Waals surface area contributed by atoms with E-state index in [0.29, 0.717) is 0 Å². The summed E-state index contributed by atoms with van der Waals surface area (Å²) in [6, 6.07) is 3.94. The maximum Gasteiger partial charge on any atom is 0.214 e. The van der Waals surface area contributed by atoms with Crippen molar-refractivity contribution in [1.82, 2.24) is 4.98 Å². The zero-order valence-corrected chi connectivity index (χ0v) is 6.63. The number of pyridine rings is 1. The number of nitriles is 1. The summed E-state index contributed by atoms with van der Waals surface area (Å²) in [7, 11) is 0. The number of ether oxygens (including phenoxy) is 1. The van der Waals surface area contributed by atoms with Crippen LogP contribution in [0.3, 0.4) is 0 Å². The molecule has 1 heterocycles. The lowest BCUT2D eigenvalue weighted by Crippen LogP contribution is -2.02. The zero-order valence-electron chi connectivity index (χ0n) is 6.63. The summed E-state index contributed by atoms with van der Waals surface area (Å²) in [5.41, 5.74) is -0.173. The second-order valence-corrected chi connectivity index (χ2v) is 2.13. The van der Waals surface area contributed by atoms with Crippen molar-refractivity contribution in [2.75, 3.05) is 13.3 Å². The number of halogens is 2. The number of hydrogen-bond acceptors (Lipinski definition) is 3. The number of rotatable bonds is 3. The average molecular weight is 184 g/mol. The van der Waals surface area contributed by atoms with E-state index in [0.717, 1.165) is 6.07 Å². The normalized spacial score (nSPS) is 9.31. The van der Waals surface area contributed by atoms with Crippen LogP contribution in [0.2, 0.25) is 0 Å². The van der Waals surface area contributed by atoms with Crippen molar-refractivity contribution in [2.45, 2.75) is 0 Å². The van der Waals surface area contributed by atoms with Crippen molar-refractivity contribution in [3.63, 3.8) is 0 Å². The van der Waals surface area contributed by atoms with Crippen molar-refractivity contribution in [3.8, 4) is 11.8 Å². The molecule has 0 aliphatic heterocycles. The quantitative estimate of drug-likeness (QED) is 0.667. The SMILES string of the molecule is N#Cc1nc(F)ccc1OCCF. The number of alkyl halides is 1. The molecule has 1 rings (SSSR count). The third-order valence-electron chi connectivity index (χ3n) is 1.26. The Morgan fingerprint density at radius 3 is 2.92 bits per heavy atom. The molecule has 0 N–H and O–H groups in total. The van der Waals surface area contributed by atoms with Gasteiger partial charge in [0.05, 0.1) is 0 Å². The Morgan fingerprint density at radius 2 is 2.31 bits per heavy atom. The molecule has 0 aliphatic carbocycles. The Labute approximate surface area is 73.6 Å². The molecule has 0 fully saturated rings. The molecule has 0 spiro atoms. The summed E-state index contributed by atoms with van der Waals surface area (Å²) in [6.07, 6.45) is 0. The van der Waals surface area contributed by atoms with Gasteiger partial charge in [-0.2, -0.15) is 9.65 Å². The van der Waals surface area contributed by atoms with Crippen LogP contribution in [0.25, 0.3) is 0 Å². The number of aromatic nitrogens is 1. The highest BCUT2D eigenvalue weighted by Gasteiger charge is 2.05. The molecule has 5 heteroatoms. The molecule has 13 heavy (non-hydrogen) atoms. The highest BCUT2D eigenvalue weighted by atomic mass is 19.1. The second kappa shape index (κ2) is 4.36. The largest absolute Gasteiger partial charge is 0.488 e. The van der Waals surface area contributed by atoms with Gasteiger partial charge in [-0.3, -0.25) is 0 Å². The van der Waals surface area contributed by atoms with Crippen LogP contribution in [0.4, 0.5) is 8.78 Å². The fraction of sp³-hybridized carbons (Fsp3) is 0.250. The van der Waals surface area contributed by atoms with Crippen molar-refractivity contribution in [3.05, 3.63) is 23.8 Å². The Balaban J connectivity index is 2.88. The monoisotopic (exact) mass is 184 g/mol. The molecule has 0 unspecified atom stereocenters. The maximum absolute atomic E-state index is 12.5. The smallest absolute Gasteiger partial charge is 0.214 e. The topological polar surface area (TPSA) is 45.9 Å². The Bertz CT molecular complexity index is 335. The van der Waals surface area contributed by atoms with Gasteiger partial charge in [0.1, 0.15) is 19.4 Å². The molecule has 1 aromatic rings. The summed E-state index contributed by atoms with van der Waals surface area (Å²) in [5.74, 6) is -0.661. The van der Waals surface area contributed by atoms with E-state index < -0.39 is 12.6 Å². The molecule has 0 saturated heterocycles. The minimum absolute atomic E-state index is 0.0987. The second-order valence-electron chi connectivity index (χ2n) is 2.13. The van der Waals surface area contributed by atoms with Crippen molar-refractivity contribution < 1.29 is 13.5 Å². The van der Waals surface area contributed by atoms with Crippen LogP contribution in [0.15, 0.2) is 12.1 Å². The van der Waals surface area contributed by atoms with E-state index in [1.165, 1.54) is 6.07 Å². The van der Waals surface area contributed by atoms with Crippen LogP contribution in [-0.4, -0.2) is 18.3 Å². The van der Waals surface area contributed by atoms with Crippen molar-refractivity contribution in [1.29, 1.82) is 5.26 Å². The highest BCUT2D eigenvalue weighted by molar-refractivity contribution is 5.36. The van der Waals surface area contributed by atoms with Crippen molar-refractivity contribution >= 4 is 0 Å². The molecule has 0 bridgehead atoms. The van der Waals surface area contributed by atoms with Crippen LogP contribution in [0, 0.1) is 17.3 Å². The van der Waals surface area contributed by atoms with Gasteiger partial charge in [0.25, 0.3) is 0 Å². The summed E-state index contributed by atoms with van der Waals surface area (Å²) in [5, 5.41) is 8.49.